The highest BCUT2D eigenvalue weighted by molar-refractivity contribution is 7.80. The first-order chi connectivity index (χ1) is 20.4. The molecule has 0 bridgehead atoms. The quantitative estimate of drug-likeness (QED) is 0.143. The molecule has 0 aromatic heterocycles. The Morgan fingerprint density at radius 3 is 0.902 bits per heavy atom. The zero-order valence-electron chi connectivity index (χ0n) is 22.8. The molecule has 0 saturated carbocycles. The molecule has 0 amide bonds. The van der Waals surface area contributed by atoms with Gasteiger partial charge in [-0.1, -0.05) is 158 Å². The Morgan fingerprint density at radius 2 is 0.585 bits per heavy atom. The predicted molar refractivity (Wildman–Crippen MR) is 182 cm³/mol. The summed E-state index contributed by atoms with van der Waals surface area (Å²) >= 11 is 0. The summed E-state index contributed by atoms with van der Waals surface area (Å²) in [7, 11) is -1.40. The highest BCUT2D eigenvalue weighted by Gasteiger charge is 2.21. The van der Waals surface area contributed by atoms with Crippen LogP contribution in [-0.2, 0) is 0 Å². The number of para-hydroxylation sites is 2. The lowest BCUT2D eigenvalue weighted by Gasteiger charge is -2.24. The van der Waals surface area contributed by atoms with Gasteiger partial charge in [0, 0.05) is 22.0 Å². The lowest BCUT2D eigenvalue weighted by molar-refractivity contribution is 1.23. The van der Waals surface area contributed by atoms with Crippen LogP contribution in [0.15, 0.2) is 170 Å². The summed E-state index contributed by atoms with van der Waals surface area (Å²) in [4.78, 5) is 0. The molecule has 0 fully saturated rings. The summed E-state index contributed by atoms with van der Waals surface area (Å²) in [5.74, 6) is 0. The van der Waals surface area contributed by atoms with Crippen molar-refractivity contribution in [1.82, 2.24) is 0 Å². The Labute approximate surface area is 245 Å². The van der Waals surface area contributed by atoms with E-state index in [0.717, 1.165) is 11.4 Å². The van der Waals surface area contributed by atoms with Crippen LogP contribution < -0.4 is 42.5 Å². The van der Waals surface area contributed by atoms with E-state index in [1.807, 2.05) is 0 Å². The normalized spacial score (nSPS) is 11.0. The Hall–Kier alpha value is -4.22. The molecular formula is C37H32N2P2. The second-order valence-corrected chi connectivity index (χ2v) is 13.9. The minimum Gasteiger partial charge on any atom is -0.367 e. The molecule has 0 saturated heterocycles. The first-order valence-electron chi connectivity index (χ1n) is 13.8. The lowest BCUT2D eigenvalue weighted by Crippen LogP contribution is -2.26. The van der Waals surface area contributed by atoms with Crippen LogP contribution in [0, 0.1) is 0 Å². The molecule has 0 aliphatic heterocycles. The third-order valence-corrected chi connectivity index (χ3v) is 11.9. The van der Waals surface area contributed by atoms with Gasteiger partial charge in [-0.05, 0) is 49.2 Å². The predicted octanol–water partition coefficient (Wildman–Crippen LogP) is 6.68. The van der Waals surface area contributed by atoms with Crippen molar-refractivity contribution < 1.29 is 0 Å². The molecule has 41 heavy (non-hydrogen) atoms. The fourth-order valence-corrected chi connectivity index (χ4v) is 9.88. The maximum Gasteiger partial charge on any atom is 0.0849 e. The second-order valence-electron chi connectivity index (χ2n) is 9.58. The van der Waals surface area contributed by atoms with E-state index in [1.54, 1.807) is 0 Å². The highest BCUT2D eigenvalue weighted by Crippen LogP contribution is 2.37. The van der Waals surface area contributed by atoms with Gasteiger partial charge in [-0.25, -0.2) is 0 Å². The van der Waals surface area contributed by atoms with Crippen LogP contribution >= 0.6 is 15.8 Å². The lowest BCUT2D eigenvalue weighted by atomic mass is 10.3. The van der Waals surface area contributed by atoms with E-state index >= 15 is 0 Å². The van der Waals surface area contributed by atoms with E-state index in [1.165, 1.54) is 31.8 Å². The number of nitrogens with one attached hydrogen (secondary N) is 2. The van der Waals surface area contributed by atoms with E-state index < -0.39 is 15.8 Å². The van der Waals surface area contributed by atoms with Crippen molar-refractivity contribution in [3.05, 3.63) is 170 Å². The summed E-state index contributed by atoms with van der Waals surface area (Å²) in [6, 6.07) is 60.9. The molecule has 6 aromatic rings. The molecule has 0 unspecified atom stereocenters. The van der Waals surface area contributed by atoms with Gasteiger partial charge in [0.1, 0.15) is 0 Å². The van der Waals surface area contributed by atoms with Crippen LogP contribution in [0.4, 0.5) is 11.4 Å². The van der Waals surface area contributed by atoms with E-state index in [-0.39, 0.29) is 0 Å². The molecule has 4 heteroatoms. The molecule has 2 nitrogen and oxygen atoms in total. The van der Waals surface area contributed by atoms with Gasteiger partial charge in [0.05, 0.1) is 6.67 Å². The molecular weight excluding hydrogens is 534 g/mol. The zero-order valence-corrected chi connectivity index (χ0v) is 24.6. The minimum absolute atomic E-state index is 0.619. The van der Waals surface area contributed by atoms with Gasteiger partial charge in [-0.15, -0.1) is 0 Å². The third kappa shape index (κ3) is 6.41. The minimum atomic E-state index is -0.702. The summed E-state index contributed by atoms with van der Waals surface area (Å²) in [5.41, 5.74) is 2.31. The van der Waals surface area contributed by atoms with Gasteiger partial charge in [-0.2, -0.15) is 0 Å². The van der Waals surface area contributed by atoms with E-state index in [4.69, 9.17) is 0 Å². The van der Waals surface area contributed by atoms with Crippen molar-refractivity contribution in [3.8, 4) is 0 Å². The molecule has 0 atom stereocenters. The maximum atomic E-state index is 3.74. The van der Waals surface area contributed by atoms with Crippen molar-refractivity contribution in [3.63, 3.8) is 0 Å². The SMILES string of the molecule is c1ccc(P(c2ccccc2)c2ccccc2NCNc2ccccc2P(c2ccccc2)c2ccccc2)cc1. The molecule has 6 aromatic carbocycles. The van der Waals surface area contributed by atoms with Crippen molar-refractivity contribution in [2.75, 3.05) is 17.3 Å². The summed E-state index contributed by atoms with van der Waals surface area (Å²) < 4.78 is 0. The Kier molecular flexibility index (Phi) is 8.83. The van der Waals surface area contributed by atoms with Crippen molar-refractivity contribution in [2.24, 2.45) is 0 Å². The van der Waals surface area contributed by atoms with Gasteiger partial charge in [0.15, 0.2) is 0 Å². The molecule has 0 spiro atoms. The molecule has 0 radical (unpaired) electrons. The first kappa shape index (κ1) is 27.0. The number of benzene rings is 6. The fourth-order valence-electron chi connectivity index (χ4n) is 5.03. The maximum absolute atomic E-state index is 3.74. The van der Waals surface area contributed by atoms with Crippen LogP contribution in [0.3, 0.4) is 0 Å². The standard InChI is InChI=1S/C37H32N2P2/c1-5-17-30(18-6-1)40(31-19-7-2-8-20-31)36-27-15-13-25-34(36)38-29-39-35-26-14-16-28-37(35)41(32-21-9-3-10-22-32)33-23-11-4-12-24-33/h1-28,38-39H,29H2. The third-order valence-electron chi connectivity index (χ3n) is 6.91. The number of hydrogen-bond acceptors (Lipinski definition) is 2. The van der Waals surface area contributed by atoms with Crippen LogP contribution in [-0.4, -0.2) is 6.67 Å². The Morgan fingerprint density at radius 1 is 0.317 bits per heavy atom. The van der Waals surface area contributed by atoms with Gasteiger partial charge >= 0.3 is 0 Å². The summed E-state index contributed by atoms with van der Waals surface area (Å²) in [6.45, 7) is 0.619. The first-order valence-corrected chi connectivity index (χ1v) is 16.5. The van der Waals surface area contributed by atoms with E-state index in [0.29, 0.717) is 6.67 Å². The number of hydrogen-bond donors (Lipinski definition) is 2. The number of rotatable bonds is 10. The summed E-state index contributed by atoms with van der Waals surface area (Å²) in [6.07, 6.45) is 0. The molecule has 0 aliphatic rings. The molecule has 200 valence electrons. The molecule has 0 heterocycles. The van der Waals surface area contributed by atoms with E-state index in [2.05, 4.69) is 180 Å². The van der Waals surface area contributed by atoms with Crippen LogP contribution in [0.1, 0.15) is 0 Å². The molecule has 6 rings (SSSR count). The smallest absolute Gasteiger partial charge is 0.0849 e. The van der Waals surface area contributed by atoms with Crippen molar-refractivity contribution in [1.29, 1.82) is 0 Å². The van der Waals surface area contributed by atoms with Gasteiger partial charge in [0.25, 0.3) is 0 Å². The molecule has 0 aliphatic carbocycles. The Balaban J connectivity index is 1.29. The largest absolute Gasteiger partial charge is 0.367 e. The van der Waals surface area contributed by atoms with Crippen LogP contribution in [0.25, 0.3) is 0 Å². The van der Waals surface area contributed by atoms with Gasteiger partial charge in [0.2, 0.25) is 0 Å². The van der Waals surface area contributed by atoms with Gasteiger partial charge in [-0.3, -0.25) is 0 Å². The number of anilines is 2. The summed E-state index contributed by atoms with van der Waals surface area (Å²) in [5, 5.41) is 15.5. The zero-order chi connectivity index (χ0) is 27.7. The average molecular weight is 567 g/mol. The second kappa shape index (κ2) is 13.4. The monoisotopic (exact) mass is 566 g/mol. The Bertz CT molecular complexity index is 1450. The fraction of sp³-hybridized carbons (Fsp3) is 0.0270. The van der Waals surface area contributed by atoms with E-state index in [9.17, 15) is 0 Å². The average Bonchev–Trinajstić information content (AvgIpc) is 3.05. The van der Waals surface area contributed by atoms with Crippen LogP contribution in [0.5, 0.6) is 0 Å². The van der Waals surface area contributed by atoms with Crippen molar-refractivity contribution >= 4 is 59.0 Å². The van der Waals surface area contributed by atoms with Crippen molar-refractivity contribution in [2.45, 2.75) is 0 Å². The topological polar surface area (TPSA) is 24.1 Å². The highest BCUT2D eigenvalue weighted by atomic mass is 31.1. The molecule has 2 N–H and O–H groups in total. The van der Waals surface area contributed by atoms with Gasteiger partial charge < -0.3 is 10.6 Å². The van der Waals surface area contributed by atoms with Crippen LogP contribution in [0.2, 0.25) is 0 Å².